The van der Waals surface area contributed by atoms with E-state index >= 15 is 0 Å². The molecule has 2 heterocycles. The molecule has 0 radical (unpaired) electrons. The molecule has 2 aliphatic rings. The Bertz CT molecular complexity index is 891. The maximum Gasteiger partial charge on any atom is 0.339 e. The van der Waals surface area contributed by atoms with E-state index in [4.69, 9.17) is 9.15 Å². The molecule has 26 heavy (non-hydrogen) atoms. The molecule has 4 rings (SSSR count). The van der Waals surface area contributed by atoms with Crippen LogP contribution in [0.4, 0.5) is 0 Å². The SMILES string of the molecule is CC1CC(C)CN(C(=O)COc2ccc3c4c(c(=O)oc3c2)CCC4)C1. The average molecular weight is 355 g/mol. The van der Waals surface area contributed by atoms with Gasteiger partial charge in [0.2, 0.25) is 0 Å². The molecular weight excluding hydrogens is 330 g/mol. The maximum atomic E-state index is 12.5. The Labute approximate surface area is 152 Å². The lowest BCUT2D eigenvalue weighted by Gasteiger charge is -2.34. The predicted octanol–water partition coefficient (Wildman–Crippen LogP) is 3.17. The van der Waals surface area contributed by atoms with Crippen molar-refractivity contribution >= 4 is 16.9 Å². The number of piperidine rings is 1. The zero-order valence-corrected chi connectivity index (χ0v) is 15.4. The predicted molar refractivity (Wildman–Crippen MR) is 99.5 cm³/mol. The van der Waals surface area contributed by atoms with Gasteiger partial charge in [0.05, 0.1) is 0 Å². The van der Waals surface area contributed by atoms with E-state index in [0.717, 1.165) is 48.9 Å². The number of carbonyl (C=O) groups excluding carboxylic acids is 1. The molecule has 1 aromatic carbocycles. The Hall–Kier alpha value is -2.30. The summed E-state index contributed by atoms with van der Waals surface area (Å²) in [6.07, 6.45) is 3.88. The highest BCUT2D eigenvalue weighted by atomic mass is 16.5. The van der Waals surface area contributed by atoms with Crippen LogP contribution in [0.25, 0.3) is 11.0 Å². The van der Waals surface area contributed by atoms with Crippen molar-refractivity contribution < 1.29 is 13.9 Å². The fourth-order valence-corrected chi connectivity index (χ4v) is 4.46. The van der Waals surface area contributed by atoms with Crippen LogP contribution in [0.5, 0.6) is 5.75 Å². The Kier molecular flexibility index (Phi) is 4.47. The summed E-state index contributed by atoms with van der Waals surface area (Å²) in [5.41, 5.74) is 2.22. The lowest BCUT2D eigenvalue weighted by Crippen LogP contribution is -2.44. The van der Waals surface area contributed by atoms with Gasteiger partial charge in [0.1, 0.15) is 11.3 Å². The van der Waals surface area contributed by atoms with Crippen LogP contribution in [0.3, 0.4) is 0 Å². The second-order valence-corrected chi connectivity index (χ2v) is 7.89. The number of rotatable bonds is 3. The summed E-state index contributed by atoms with van der Waals surface area (Å²) in [4.78, 5) is 26.5. The van der Waals surface area contributed by atoms with Crippen molar-refractivity contribution in [3.63, 3.8) is 0 Å². The molecule has 5 nitrogen and oxygen atoms in total. The first-order valence-corrected chi connectivity index (χ1v) is 9.50. The third kappa shape index (κ3) is 3.22. The Morgan fingerprint density at radius 1 is 1.19 bits per heavy atom. The Morgan fingerprint density at radius 2 is 1.92 bits per heavy atom. The van der Waals surface area contributed by atoms with Crippen LogP contribution in [-0.4, -0.2) is 30.5 Å². The van der Waals surface area contributed by atoms with E-state index in [1.807, 2.05) is 17.0 Å². The van der Waals surface area contributed by atoms with Crippen molar-refractivity contribution in [1.29, 1.82) is 0 Å². The number of hydrogen-bond acceptors (Lipinski definition) is 4. The highest BCUT2D eigenvalue weighted by Crippen LogP contribution is 2.29. The third-order valence-electron chi connectivity index (χ3n) is 5.53. The van der Waals surface area contributed by atoms with Crippen molar-refractivity contribution in [2.45, 2.75) is 39.5 Å². The number of hydrogen-bond donors (Lipinski definition) is 0. The summed E-state index contributed by atoms with van der Waals surface area (Å²) in [7, 11) is 0. The van der Waals surface area contributed by atoms with Gasteiger partial charge in [-0.15, -0.1) is 0 Å². The molecule has 0 saturated carbocycles. The van der Waals surface area contributed by atoms with E-state index in [1.165, 1.54) is 6.42 Å². The van der Waals surface area contributed by atoms with Crippen LogP contribution < -0.4 is 10.4 Å². The first-order chi connectivity index (χ1) is 12.5. The zero-order chi connectivity index (χ0) is 18.3. The summed E-state index contributed by atoms with van der Waals surface area (Å²) < 4.78 is 11.2. The largest absolute Gasteiger partial charge is 0.484 e. The monoisotopic (exact) mass is 355 g/mol. The van der Waals surface area contributed by atoms with Gasteiger partial charge in [-0.1, -0.05) is 13.8 Å². The molecule has 1 aliphatic heterocycles. The number of fused-ring (bicyclic) bond motifs is 3. The summed E-state index contributed by atoms with van der Waals surface area (Å²) >= 11 is 0. The van der Waals surface area contributed by atoms with Gasteiger partial charge < -0.3 is 14.1 Å². The van der Waals surface area contributed by atoms with E-state index in [0.29, 0.717) is 23.2 Å². The van der Waals surface area contributed by atoms with Crippen LogP contribution in [0.15, 0.2) is 27.4 Å². The second kappa shape index (κ2) is 6.78. The number of nitrogens with zero attached hydrogens (tertiary/aromatic N) is 1. The summed E-state index contributed by atoms with van der Waals surface area (Å²) in [5.74, 6) is 1.63. The van der Waals surface area contributed by atoms with E-state index < -0.39 is 0 Å². The minimum atomic E-state index is -0.241. The Morgan fingerprint density at radius 3 is 2.69 bits per heavy atom. The van der Waals surface area contributed by atoms with Gasteiger partial charge in [0, 0.05) is 30.1 Å². The van der Waals surface area contributed by atoms with E-state index in [-0.39, 0.29) is 18.1 Å². The fourth-order valence-electron chi connectivity index (χ4n) is 4.46. The lowest BCUT2D eigenvalue weighted by molar-refractivity contribution is -0.136. The topological polar surface area (TPSA) is 59.8 Å². The molecule has 0 bridgehead atoms. The van der Waals surface area contributed by atoms with Crippen LogP contribution in [-0.2, 0) is 17.6 Å². The standard InChI is InChI=1S/C21H25NO4/c1-13-8-14(2)11-22(10-13)20(23)12-25-15-6-7-17-16-4-3-5-18(16)21(24)26-19(17)9-15/h6-7,9,13-14H,3-5,8,10-12H2,1-2H3. The lowest BCUT2D eigenvalue weighted by atomic mass is 9.92. The molecule has 1 saturated heterocycles. The Balaban J connectivity index is 1.49. The van der Waals surface area contributed by atoms with Crippen molar-refractivity contribution in [3.8, 4) is 5.75 Å². The van der Waals surface area contributed by atoms with E-state index in [2.05, 4.69) is 13.8 Å². The molecule has 1 amide bonds. The summed E-state index contributed by atoms with van der Waals surface area (Å²) in [5, 5.41) is 0.981. The van der Waals surface area contributed by atoms with Gasteiger partial charge in [-0.25, -0.2) is 4.79 Å². The molecule has 1 aliphatic carbocycles. The highest BCUT2D eigenvalue weighted by Gasteiger charge is 2.25. The molecule has 2 atom stereocenters. The fraction of sp³-hybridized carbons (Fsp3) is 0.524. The number of carbonyl (C=O) groups is 1. The van der Waals surface area contributed by atoms with Crippen LogP contribution in [0.2, 0.25) is 0 Å². The molecule has 138 valence electrons. The number of amides is 1. The minimum Gasteiger partial charge on any atom is -0.484 e. The summed E-state index contributed by atoms with van der Waals surface area (Å²) in [6, 6.07) is 5.52. The van der Waals surface area contributed by atoms with Gasteiger partial charge in [-0.2, -0.15) is 0 Å². The van der Waals surface area contributed by atoms with Crippen molar-refractivity contribution in [2.75, 3.05) is 19.7 Å². The third-order valence-corrected chi connectivity index (χ3v) is 5.53. The van der Waals surface area contributed by atoms with Crippen LogP contribution in [0, 0.1) is 11.8 Å². The molecule has 0 N–H and O–H groups in total. The first-order valence-electron chi connectivity index (χ1n) is 9.50. The highest BCUT2D eigenvalue weighted by molar-refractivity contribution is 5.83. The number of aryl methyl sites for hydroxylation is 1. The molecule has 2 aromatic rings. The number of benzene rings is 1. The van der Waals surface area contributed by atoms with Gasteiger partial charge in [0.15, 0.2) is 6.61 Å². The molecule has 5 heteroatoms. The van der Waals surface area contributed by atoms with Crippen molar-refractivity contribution in [3.05, 3.63) is 39.7 Å². The smallest absolute Gasteiger partial charge is 0.339 e. The molecule has 0 spiro atoms. The quantitative estimate of drug-likeness (QED) is 0.794. The molecular formula is C21H25NO4. The molecule has 1 aromatic heterocycles. The maximum absolute atomic E-state index is 12.5. The van der Waals surface area contributed by atoms with Crippen molar-refractivity contribution in [1.82, 2.24) is 4.90 Å². The first kappa shape index (κ1) is 17.1. The molecule has 1 fully saturated rings. The van der Waals surface area contributed by atoms with Crippen LogP contribution in [0.1, 0.15) is 37.8 Å². The van der Waals surface area contributed by atoms with Gasteiger partial charge >= 0.3 is 5.63 Å². The second-order valence-electron chi connectivity index (χ2n) is 7.89. The average Bonchev–Trinajstić information content (AvgIpc) is 3.09. The molecule has 2 unspecified atom stereocenters. The number of ether oxygens (including phenoxy) is 1. The van der Waals surface area contributed by atoms with Crippen molar-refractivity contribution in [2.24, 2.45) is 11.8 Å². The van der Waals surface area contributed by atoms with Gasteiger partial charge in [0.25, 0.3) is 5.91 Å². The zero-order valence-electron chi connectivity index (χ0n) is 15.4. The summed E-state index contributed by atoms with van der Waals surface area (Å²) in [6.45, 7) is 5.97. The van der Waals surface area contributed by atoms with Gasteiger partial charge in [-0.3, -0.25) is 4.79 Å². The van der Waals surface area contributed by atoms with E-state index in [1.54, 1.807) is 6.07 Å². The van der Waals surface area contributed by atoms with E-state index in [9.17, 15) is 9.59 Å². The number of likely N-dealkylation sites (tertiary alicyclic amines) is 1. The van der Waals surface area contributed by atoms with Gasteiger partial charge in [-0.05, 0) is 55.2 Å². The van der Waals surface area contributed by atoms with Crippen LogP contribution >= 0.6 is 0 Å². The minimum absolute atomic E-state index is 0.0129. The normalized spacial score (nSPS) is 22.5.